The van der Waals surface area contributed by atoms with Crippen molar-refractivity contribution in [3.8, 4) is 17.6 Å². The van der Waals surface area contributed by atoms with Gasteiger partial charge in [0.25, 0.3) is 0 Å². The number of rotatable bonds is 6. The van der Waals surface area contributed by atoms with Crippen LogP contribution in [0.2, 0.25) is 0 Å². The van der Waals surface area contributed by atoms with Crippen LogP contribution < -0.4 is 10.1 Å². The quantitative estimate of drug-likeness (QED) is 0.818. The predicted molar refractivity (Wildman–Crippen MR) is 99.2 cm³/mol. The van der Waals surface area contributed by atoms with Crippen LogP contribution in [0.3, 0.4) is 0 Å². The van der Waals surface area contributed by atoms with E-state index in [2.05, 4.69) is 22.1 Å². The van der Waals surface area contributed by atoms with Crippen molar-refractivity contribution in [3.05, 3.63) is 36.5 Å². The molecule has 4 nitrogen and oxygen atoms in total. The van der Waals surface area contributed by atoms with E-state index in [0.29, 0.717) is 13.0 Å². The first-order chi connectivity index (χ1) is 12.3. The highest BCUT2D eigenvalue weighted by Gasteiger charge is 2.15. The summed E-state index contributed by atoms with van der Waals surface area (Å²) in [5.74, 6) is 7.45. The summed E-state index contributed by atoms with van der Waals surface area (Å²) in [6.45, 7) is 0.661. The maximum Gasteiger partial charge on any atom is 0.220 e. The largest absolute Gasteiger partial charge is 0.479 e. The van der Waals surface area contributed by atoms with Gasteiger partial charge in [-0.3, -0.25) is 9.78 Å². The Balaban J connectivity index is 1.37. The fourth-order valence-corrected chi connectivity index (χ4v) is 3.29. The number of aromatic nitrogens is 1. The van der Waals surface area contributed by atoms with Crippen LogP contribution in [0, 0.1) is 17.8 Å². The van der Waals surface area contributed by atoms with Gasteiger partial charge in [-0.25, -0.2) is 0 Å². The highest BCUT2D eigenvalue weighted by Crippen LogP contribution is 2.28. The van der Waals surface area contributed by atoms with Crippen LogP contribution in [-0.4, -0.2) is 24.0 Å². The average molecular weight is 336 g/mol. The molecule has 0 bridgehead atoms. The molecule has 1 aliphatic carbocycles. The number of nitrogens with one attached hydrogen (secondary N) is 1. The van der Waals surface area contributed by atoms with Crippen molar-refractivity contribution < 1.29 is 9.53 Å². The predicted octanol–water partition coefficient (Wildman–Crippen LogP) is 3.70. The van der Waals surface area contributed by atoms with E-state index < -0.39 is 0 Å². The van der Waals surface area contributed by atoms with Crippen molar-refractivity contribution in [3.63, 3.8) is 0 Å². The number of carbonyl (C=O) groups excluding carboxylic acids is 1. The number of fused-ring (bicyclic) bond motifs is 1. The van der Waals surface area contributed by atoms with Gasteiger partial charge in [0, 0.05) is 18.0 Å². The van der Waals surface area contributed by atoms with Crippen molar-refractivity contribution in [2.75, 3.05) is 13.2 Å². The van der Waals surface area contributed by atoms with Crippen LogP contribution in [-0.2, 0) is 4.79 Å². The number of para-hydroxylation sites is 1. The Morgan fingerprint density at radius 3 is 2.92 bits per heavy atom. The summed E-state index contributed by atoms with van der Waals surface area (Å²) in [6, 6.07) is 9.74. The maximum atomic E-state index is 11.8. The molecule has 25 heavy (non-hydrogen) atoms. The minimum absolute atomic E-state index is 0.0976. The van der Waals surface area contributed by atoms with E-state index in [1.54, 1.807) is 6.20 Å². The van der Waals surface area contributed by atoms with Gasteiger partial charge in [0.2, 0.25) is 5.91 Å². The molecule has 1 aromatic carbocycles. The van der Waals surface area contributed by atoms with Crippen LogP contribution in [0.5, 0.6) is 5.75 Å². The standard InChI is InChI=1S/C21H24N2O2/c24-20(13-12-17-7-1-2-8-17)22-14-3-4-16-25-19-11-5-9-18-10-6-15-23-21(18)19/h5-6,9-11,15,17H,1-2,7-8,12-14,16H2,(H,22,24). The van der Waals surface area contributed by atoms with Gasteiger partial charge in [0.1, 0.15) is 17.9 Å². The van der Waals surface area contributed by atoms with Crippen molar-refractivity contribution >= 4 is 16.8 Å². The summed E-state index contributed by atoms with van der Waals surface area (Å²) in [5.41, 5.74) is 0.840. The average Bonchev–Trinajstić information content (AvgIpc) is 3.16. The van der Waals surface area contributed by atoms with Gasteiger partial charge in [0.15, 0.2) is 0 Å². The summed E-state index contributed by atoms with van der Waals surface area (Å²) in [4.78, 5) is 16.1. The van der Waals surface area contributed by atoms with Crippen molar-refractivity contribution in [1.29, 1.82) is 0 Å². The molecule has 1 aromatic heterocycles. The molecule has 0 spiro atoms. The molecule has 0 saturated heterocycles. The smallest absolute Gasteiger partial charge is 0.220 e. The third kappa shape index (κ3) is 5.22. The van der Waals surface area contributed by atoms with E-state index in [0.717, 1.165) is 29.0 Å². The zero-order valence-electron chi connectivity index (χ0n) is 14.5. The molecule has 0 aliphatic heterocycles. The molecule has 130 valence electrons. The molecule has 0 radical (unpaired) electrons. The Morgan fingerprint density at radius 1 is 1.20 bits per heavy atom. The third-order valence-corrected chi connectivity index (χ3v) is 4.65. The molecule has 4 heteroatoms. The lowest BCUT2D eigenvalue weighted by Crippen LogP contribution is -2.23. The molecule has 2 aromatic rings. The molecule has 3 rings (SSSR count). The van der Waals surface area contributed by atoms with Crippen LogP contribution in [0.15, 0.2) is 36.5 Å². The highest BCUT2D eigenvalue weighted by atomic mass is 16.5. The fraction of sp³-hybridized carbons (Fsp3) is 0.429. The lowest BCUT2D eigenvalue weighted by atomic mass is 10.0. The second-order valence-electron chi connectivity index (χ2n) is 6.44. The summed E-state index contributed by atoms with van der Waals surface area (Å²) >= 11 is 0. The van der Waals surface area contributed by atoms with Gasteiger partial charge in [-0.1, -0.05) is 55.7 Å². The van der Waals surface area contributed by atoms with Crippen molar-refractivity contribution in [1.82, 2.24) is 10.3 Å². The number of carbonyl (C=O) groups is 1. The Labute approximate surface area is 149 Å². The first-order valence-corrected chi connectivity index (χ1v) is 9.02. The first kappa shape index (κ1) is 17.3. The number of amides is 1. The summed E-state index contributed by atoms with van der Waals surface area (Å²) in [5, 5.41) is 3.90. The number of nitrogens with zero attached hydrogens (tertiary/aromatic N) is 1. The van der Waals surface area contributed by atoms with Gasteiger partial charge in [0.05, 0.1) is 6.54 Å². The van der Waals surface area contributed by atoms with Crippen LogP contribution in [0.25, 0.3) is 10.9 Å². The Kier molecular flexibility index (Phi) is 6.28. The molecule has 0 atom stereocenters. The molecule has 1 heterocycles. The van der Waals surface area contributed by atoms with Crippen LogP contribution in [0.1, 0.15) is 38.5 Å². The number of benzene rings is 1. The Hall–Kier alpha value is -2.54. The number of pyridine rings is 1. The van der Waals surface area contributed by atoms with Gasteiger partial charge >= 0.3 is 0 Å². The molecular formula is C21H24N2O2. The lowest BCUT2D eigenvalue weighted by molar-refractivity contribution is -0.121. The molecule has 1 amide bonds. The summed E-state index contributed by atoms with van der Waals surface area (Å²) in [7, 11) is 0. The summed E-state index contributed by atoms with van der Waals surface area (Å²) < 4.78 is 5.69. The van der Waals surface area contributed by atoms with Gasteiger partial charge in [-0.2, -0.15) is 0 Å². The van der Waals surface area contributed by atoms with E-state index >= 15 is 0 Å². The van der Waals surface area contributed by atoms with E-state index in [1.165, 1.54) is 25.7 Å². The Bertz CT molecular complexity index is 765. The molecule has 1 N–H and O–H groups in total. The second kappa shape index (κ2) is 9.08. The topological polar surface area (TPSA) is 51.2 Å². The van der Waals surface area contributed by atoms with Crippen LogP contribution >= 0.6 is 0 Å². The molecule has 1 fully saturated rings. The highest BCUT2D eigenvalue weighted by molar-refractivity contribution is 5.84. The molecular weight excluding hydrogens is 312 g/mol. The van der Waals surface area contributed by atoms with Gasteiger partial charge in [-0.05, 0) is 24.5 Å². The van der Waals surface area contributed by atoms with Gasteiger partial charge in [-0.15, -0.1) is 0 Å². The first-order valence-electron chi connectivity index (χ1n) is 9.02. The van der Waals surface area contributed by atoms with E-state index in [9.17, 15) is 4.79 Å². The fourth-order valence-electron chi connectivity index (χ4n) is 3.29. The van der Waals surface area contributed by atoms with Crippen LogP contribution in [0.4, 0.5) is 0 Å². The van der Waals surface area contributed by atoms with E-state index in [1.807, 2.05) is 30.3 Å². The lowest BCUT2D eigenvalue weighted by Gasteiger charge is -2.07. The number of hydrogen-bond acceptors (Lipinski definition) is 3. The zero-order valence-corrected chi connectivity index (χ0v) is 14.5. The molecule has 0 unspecified atom stereocenters. The summed E-state index contributed by atoms with van der Waals surface area (Å²) in [6.07, 6.45) is 8.60. The second-order valence-corrected chi connectivity index (χ2v) is 6.44. The molecule has 1 aliphatic rings. The Morgan fingerprint density at radius 2 is 2.04 bits per heavy atom. The number of ether oxygens (including phenoxy) is 1. The van der Waals surface area contributed by atoms with Crippen molar-refractivity contribution in [2.45, 2.75) is 38.5 Å². The number of hydrogen-bond donors (Lipinski definition) is 1. The van der Waals surface area contributed by atoms with Crippen molar-refractivity contribution in [2.24, 2.45) is 5.92 Å². The van der Waals surface area contributed by atoms with E-state index in [-0.39, 0.29) is 12.5 Å². The zero-order chi connectivity index (χ0) is 17.3. The molecule has 1 saturated carbocycles. The monoisotopic (exact) mass is 336 g/mol. The minimum atomic E-state index is 0.0976. The third-order valence-electron chi connectivity index (χ3n) is 4.65. The minimum Gasteiger partial charge on any atom is -0.479 e. The SMILES string of the molecule is O=C(CCC1CCCC1)NCC#CCOc1cccc2cccnc12. The van der Waals surface area contributed by atoms with E-state index in [4.69, 9.17) is 4.74 Å². The normalized spacial score (nSPS) is 14.1. The van der Waals surface area contributed by atoms with Gasteiger partial charge < -0.3 is 10.1 Å². The maximum absolute atomic E-state index is 11.8.